The van der Waals surface area contributed by atoms with Crippen molar-refractivity contribution in [3.8, 4) is 0 Å². The zero-order valence-electron chi connectivity index (χ0n) is 10.7. The van der Waals surface area contributed by atoms with Gasteiger partial charge in [0.2, 0.25) is 0 Å². The lowest BCUT2D eigenvalue weighted by Crippen LogP contribution is -2.43. The van der Waals surface area contributed by atoms with Gasteiger partial charge in [-0.15, -0.1) is 0 Å². The van der Waals surface area contributed by atoms with E-state index in [0.717, 1.165) is 0 Å². The van der Waals surface area contributed by atoms with Gasteiger partial charge in [-0.25, -0.2) is 9.18 Å². The van der Waals surface area contributed by atoms with Gasteiger partial charge in [-0.05, 0) is 19.1 Å². The molecule has 2 N–H and O–H groups in total. The van der Waals surface area contributed by atoms with Crippen LogP contribution in [0.5, 0.6) is 0 Å². The van der Waals surface area contributed by atoms with E-state index in [1.54, 1.807) is 6.07 Å². The van der Waals surface area contributed by atoms with Crippen LogP contribution < -0.4 is 4.90 Å². The lowest BCUT2D eigenvalue weighted by Gasteiger charge is -2.30. The Balaban J connectivity index is 3.09. The molecule has 0 radical (unpaired) electrons. The average molecular weight is 269 g/mol. The van der Waals surface area contributed by atoms with E-state index in [4.69, 9.17) is 10.2 Å². The molecule has 1 rings (SSSR count). The molecule has 1 aromatic rings. The third-order valence-electron chi connectivity index (χ3n) is 2.88. The summed E-state index contributed by atoms with van der Waals surface area (Å²) in [6, 6.07) is 4.69. The van der Waals surface area contributed by atoms with Gasteiger partial charge in [0.15, 0.2) is 0 Å². The molecule has 0 saturated heterocycles. The van der Waals surface area contributed by atoms with E-state index in [1.165, 1.54) is 36.9 Å². The van der Waals surface area contributed by atoms with Crippen LogP contribution in [0, 0.1) is 11.7 Å². The van der Waals surface area contributed by atoms with Gasteiger partial charge in [0.25, 0.3) is 0 Å². The maximum absolute atomic E-state index is 13.7. The van der Waals surface area contributed by atoms with Crippen LogP contribution in [0.3, 0.4) is 0 Å². The molecule has 6 heteroatoms. The van der Waals surface area contributed by atoms with Crippen molar-refractivity contribution >= 4 is 17.6 Å². The number of rotatable bonds is 6. The Bertz CT molecular complexity index is 477. The van der Waals surface area contributed by atoms with Crippen LogP contribution in [-0.2, 0) is 9.59 Å². The van der Waals surface area contributed by atoms with E-state index in [-0.39, 0.29) is 12.2 Å². The van der Waals surface area contributed by atoms with E-state index >= 15 is 0 Å². The Morgan fingerprint density at radius 3 is 2.26 bits per heavy atom. The molecule has 0 aromatic heterocycles. The van der Waals surface area contributed by atoms with Gasteiger partial charge in [-0.1, -0.05) is 19.1 Å². The number of carboxylic acids is 2. The molecule has 0 aliphatic heterocycles. The summed E-state index contributed by atoms with van der Waals surface area (Å²) in [4.78, 5) is 23.2. The normalized spacial score (nSPS) is 13.6. The Hall–Kier alpha value is -2.11. The number of carboxylic acid groups (broad SMARTS) is 2. The maximum Gasteiger partial charge on any atom is 0.326 e. The van der Waals surface area contributed by atoms with Crippen molar-refractivity contribution < 1.29 is 24.2 Å². The van der Waals surface area contributed by atoms with E-state index in [9.17, 15) is 14.0 Å². The molecule has 5 nitrogen and oxygen atoms in total. The van der Waals surface area contributed by atoms with E-state index in [0.29, 0.717) is 0 Å². The molecular weight excluding hydrogens is 253 g/mol. The highest BCUT2D eigenvalue weighted by molar-refractivity contribution is 5.78. The summed E-state index contributed by atoms with van der Waals surface area (Å²) in [6.45, 7) is 2.76. The predicted molar refractivity (Wildman–Crippen MR) is 67.6 cm³/mol. The van der Waals surface area contributed by atoms with Gasteiger partial charge in [0.1, 0.15) is 11.9 Å². The summed E-state index contributed by atoms with van der Waals surface area (Å²) in [6.07, 6.45) is 0. The molecule has 0 aliphatic rings. The van der Waals surface area contributed by atoms with Crippen LogP contribution in [0.4, 0.5) is 10.1 Å². The first-order valence-corrected chi connectivity index (χ1v) is 5.81. The molecule has 2 atom stereocenters. The Morgan fingerprint density at radius 1 is 1.21 bits per heavy atom. The number of para-hydroxylation sites is 1. The average Bonchev–Trinajstić information content (AvgIpc) is 2.35. The molecule has 0 heterocycles. The standard InChI is InChI=1S/C13H16FNO4/c1-8(12(16)17)7-15(9(2)13(18)19)11-6-4-3-5-10(11)14/h3-6,8-9H,7H2,1-2H3,(H,16,17)(H,18,19). The monoisotopic (exact) mass is 269 g/mol. The molecule has 2 unspecified atom stereocenters. The van der Waals surface area contributed by atoms with E-state index in [2.05, 4.69) is 0 Å². The lowest BCUT2D eigenvalue weighted by atomic mass is 10.1. The van der Waals surface area contributed by atoms with Gasteiger partial charge in [0.05, 0.1) is 11.6 Å². The highest BCUT2D eigenvalue weighted by atomic mass is 19.1. The first-order valence-electron chi connectivity index (χ1n) is 5.81. The quantitative estimate of drug-likeness (QED) is 0.823. The smallest absolute Gasteiger partial charge is 0.326 e. The third-order valence-corrected chi connectivity index (χ3v) is 2.88. The van der Waals surface area contributed by atoms with Gasteiger partial charge in [0, 0.05) is 6.54 Å². The first kappa shape index (κ1) is 14.9. The molecule has 0 bridgehead atoms. The van der Waals surface area contributed by atoms with Gasteiger partial charge in [-0.3, -0.25) is 4.79 Å². The van der Waals surface area contributed by atoms with Gasteiger partial charge >= 0.3 is 11.9 Å². The number of aliphatic carboxylic acids is 2. The molecule has 19 heavy (non-hydrogen) atoms. The van der Waals surface area contributed by atoms with Crippen LogP contribution in [-0.4, -0.2) is 34.7 Å². The zero-order valence-corrected chi connectivity index (χ0v) is 10.7. The van der Waals surface area contributed by atoms with Gasteiger partial charge in [-0.2, -0.15) is 0 Å². The molecule has 1 aromatic carbocycles. The topological polar surface area (TPSA) is 77.8 Å². The minimum atomic E-state index is -1.14. The summed E-state index contributed by atoms with van der Waals surface area (Å²) >= 11 is 0. The van der Waals surface area contributed by atoms with Crippen LogP contribution in [0.25, 0.3) is 0 Å². The molecule has 0 amide bonds. The van der Waals surface area contributed by atoms with E-state index < -0.39 is 29.7 Å². The number of carbonyl (C=O) groups is 2. The zero-order chi connectivity index (χ0) is 14.6. The van der Waals surface area contributed by atoms with Crippen molar-refractivity contribution in [1.82, 2.24) is 0 Å². The van der Waals surface area contributed by atoms with Crippen molar-refractivity contribution in [3.05, 3.63) is 30.1 Å². The fraction of sp³-hybridized carbons (Fsp3) is 0.385. The largest absolute Gasteiger partial charge is 0.481 e. The number of anilines is 1. The number of hydrogen-bond acceptors (Lipinski definition) is 3. The molecule has 0 fully saturated rings. The van der Waals surface area contributed by atoms with Crippen LogP contribution >= 0.6 is 0 Å². The third kappa shape index (κ3) is 3.67. The van der Waals surface area contributed by atoms with Crippen molar-refractivity contribution in [2.45, 2.75) is 19.9 Å². The summed E-state index contributed by atoms with van der Waals surface area (Å²) in [5.74, 6) is -3.57. The lowest BCUT2D eigenvalue weighted by molar-refractivity contribution is -0.142. The summed E-state index contributed by atoms with van der Waals surface area (Å²) in [7, 11) is 0. The molecule has 0 aliphatic carbocycles. The van der Waals surface area contributed by atoms with Crippen molar-refractivity contribution in [2.75, 3.05) is 11.4 Å². The van der Waals surface area contributed by atoms with Crippen LogP contribution in [0.2, 0.25) is 0 Å². The van der Waals surface area contributed by atoms with Crippen molar-refractivity contribution in [1.29, 1.82) is 0 Å². The molecule has 104 valence electrons. The fourth-order valence-corrected chi connectivity index (χ4v) is 1.66. The van der Waals surface area contributed by atoms with Gasteiger partial charge < -0.3 is 15.1 Å². The summed E-state index contributed by atoms with van der Waals surface area (Å²) in [5.41, 5.74) is 0.0884. The number of hydrogen-bond donors (Lipinski definition) is 2. The maximum atomic E-state index is 13.7. The fourth-order valence-electron chi connectivity index (χ4n) is 1.66. The second-order valence-corrected chi connectivity index (χ2v) is 4.36. The van der Waals surface area contributed by atoms with Crippen LogP contribution in [0.1, 0.15) is 13.8 Å². The first-order chi connectivity index (χ1) is 8.84. The van der Waals surface area contributed by atoms with Crippen molar-refractivity contribution in [2.24, 2.45) is 5.92 Å². The minimum Gasteiger partial charge on any atom is -0.481 e. The number of nitrogens with zero attached hydrogens (tertiary/aromatic N) is 1. The van der Waals surface area contributed by atoms with E-state index in [1.807, 2.05) is 0 Å². The van der Waals surface area contributed by atoms with Crippen LogP contribution in [0.15, 0.2) is 24.3 Å². The summed E-state index contributed by atoms with van der Waals surface area (Å²) < 4.78 is 13.7. The molecular formula is C13H16FNO4. The minimum absolute atomic E-state index is 0.0796. The Labute approximate surface area is 110 Å². The van der Waals surface area contributed by atoms with Crippen molar-refractivity contribution in [3.63, 3.8) is 0 Å². The Kier molecular flexibility index (Phi) is 4.86. The SMILES string of the molecule is CC(CN(c1ccccc1F)C(C)C(=O)O)C(=O)O. The predicted octanol–water partition coefficient (Wildman–Crippen LogP) is 1.83. The Morgan fingerprint density at radius 2 is 1.79 bits per heavy atom. The number of halogens is 1. The number of benzene rings is 1. The highest BCUT2D eigenvalue weighted by Crippen LogP contribution is 2.22. The second-order valence-electron chi connectivity index (χ2n) is 4.36. The second kappa shape index (κ2) is 6.17. The molecule has 0 spiro atoms. The highest BCUT2D eigenvalue weighted by Gasteiger charge is 2.26. The molecule has 0 saturated carbocycles. The summed E-state index contributed by atoms with van der Waals surface area (Å²) in [5, 5.41) is 17.9.